The van der Waals surface area contributed by atoms with E-state index in [9.17, 15) is 0 Å². The van der Waals surface area contributed by atoms with Crippen LogP contribution in [0.25, 0.3) is 0 Å². The zero-order chi connectivity index (χ0) is 13.4. The molecule has 0 spiro atoms. The average molecular weight is 233 g/mol. The highest BCUT2D eigenvalue weighted by atomic mass is 15.2. The van der Waals surface area contributed by atoms with E-state index in [1.807, 2.05) is 7.05 Å². The summed E-state index contributed by atoms with van der Waals surface area (Å²) in [6.07, 6.45) is 3.61. The summed E-state index contributed by atoms with van der Waals surface area (Å²) in [5.41, 5.74) is 3.03. The normalized spacial score (nSPS) is 9.75. The van der Waals surface area contributed by atoms with E-state index in [0.29, 0.717) is 5.41 Å². The molecule has 0 bridgehead atoms. The molecule has 0 fully saturated rings. The fraction of sp³-hybridized carbons (Fsp3) is 1.00. The van der Waals surface area contributed by atoms with Gasteiger partial charge in [-0.2, -0.15) is 0 Å². The molecule has 0 heterocycles. The summed E-state index contributed by atoms with van der Waals surface area (Å²) in [7, 11) is 1.96. The molecule has 16 heavy (non-hydrogen) atoms. The van der Waals surface area contributed by atoms with Crippen molar-refractivity contribution in [2.45, 2.75) is 60.8 Å². The van der Waals surface area contributed by atoms with Crippen molar-refractivity contribution in [1.82, 2.24) is 10.7 Å². The molecule has 3 nitrogen and oxygen atoms in total. The van der Waals surface area contributed by atoms with Crippen LogP contribution in [-0.4, -0.2) is 20.1 Å². The van der Waals surface area contributed by atoms with Crippen LogP contribution in [0.15, 0.2) is 0 Å². The standard InChI is InChI=1S/C6H16N2.C4H11N.C3H8/c1-6(2,3)4-5-8-7;1-3-4-5-2;1-3-2/h8H,4-5,7H2,1-3H3;5H,3-4H2,1-2H3;3H2,1-2H3. The summed E-state index contributed by atoms with van der Waals surface area (Å²) in [5, 5.41) is 3.02. The third kappa shape index (κ3) is 48.6. The number of nitrogens with two attached hydrogens (primary N) is 1. The minimum atomic E-state index is 0.409. The van der Waals surface area contributed by atoms with Crippen molar-refractivity contribution in [1.29, 1.82) is 0 Å². The summed E-state index contributed by atoms with van der Waals surface area (Å²) in [4.78, 5) is 0. The van der Waals surface area contributed by atoms with Gasteiger partial charge in [0.15, 0.2) is 0 Å². The molecule has 102 valence electrons. The maximum atomic E-state index is 5.09. The van der Waals surface area contributed by atoms with Crippen molar-refractivity contribution in [3.8, 4) is 0 Å². The first kappa shape index (κ1) is 21.2. The summed E-state index contributed by atoms with van der Waals surface area (Å²) in [5.74, 6) is 5.09. The van der Waals surface area contributed by atoms with Gasteiger partial charge in [-0.05, 0) is 31.8 Å². The maximum Gasteiger partial charge on any atom is 0.0102 e. The first-order valence-electron chi connectivity index (χ1n) is 6.47. The summed E-state index contributed by atoms with van der Waals surface area (Å²) >= 11 is 0. The third-order valence-corrected chi connectivity index (χ3v) is 1.52. The van der Waals surface area contributed by atoms with Gasteiger partial charge in [0.2, 0.25) is 0 Å². The topological polar surface area (TPSA) is 50.1 Å². The second kappa shape index (κ2) is 17.3. The lowest BCUT2D eigenvalue weighted by atomic mass is 9.93. The van der Waals surface area contributed by atoms with Crippen LogP contribution >= 0.6 is 0 Å². The Morgan fingerprint density at radius 3 is 1.50 bits per heavy atom. The molecular weight excluding hydrogens is 198 g/mol. The molecule has 0 aliphatic carbocycles. The van der Waals surface area contributed by atoms with Crippen molar-refractivity contribution >= 4 is 0 Å². The van der Waals surface area contributed by atoms with E-state index in [1.54, 1.807) is 0 Å². The monoisotopic (exact) mass is 233 g/mol. The first-order chi connectivity index (χ1) is 7.39. The second-order valence-electron chi connectivity index (χ2n) is 5.08. The molecule has 0 saturated heterocycles. The van der Waals surface area contributed by atoms with Crippen molar-refractivity contribution in [2.24, 2.45) is 11.3 Å². The fourth-order valence-electron chi connectivity index (χ4n) is 0.697. The van der Waals surface area contributed by atoms with Crippen LogP contribution in [0.4, 0.5) is 0 Å². The molecule has 0 aliphatic rings. The van der Waals surface area contributed by atoms with Gasteiger partial charge >= 0.3 is 0 Å². The predicted molar refractivity (Wildman–Crippen MR) is 76.4 cm³/mol. The Bertz CT molecular complexity index is 95.8. The largest absolute Gasteiger partial charge is 0.320 e. The predicted octanol–water partition coefficient (Wildman–Crippen LogP) is 2.92. The first-order valence-corrected chi connectivity index (χ1v) is 6.47. The van der Waals surface area contributed by atoms with E-state index in [1.165, 1.54) is 12.8 Å². The molecule has 0 radical (unpaired) electrons. The van der Waals surface area contributed by atoms with E-state index in [2.05, 4.69) is 52.3 Å². The molecule has 0 aromatic carbocycles. The number of rotatable bonds is 4. The van der Waals surface area contributed by atoms with Gasteiger partial charge in [0.05, 0.1) is 0 Å². The van der Waals surface area contributed by atoms with E-state index >= 15 is 0 Å². The van der Waals surface area contributed by atoms with Crippen molar-refractivity contribution in [2.75, 3.05) is 20.1 Å². The number of hydrogen-bond acceptors (Lipinski definition) is 3. The highest BCUT2D eigenvalue weighted by Crippen LogP contribution is 2.16. The lowest BCUT2D eigenvalue weighted by molar-refractivity contribution is 0.369. The Hall–Kier alpha value is -0.120. The van der Waals surface area contributed by atoms with Gasteiger partial charge < -0.3 is 5.32 Å². The Morgan fingerprint density at radius 1 is 1.00 bits per heavy atom. The molecule has 0 unspecified atom stereocenters. The number of nitrogens with one attached hydrogen (secondary N) is 2. The van der Waals surface area contributed by atoms with Crippen LogP contribution in [0.3, 0.4) is 0 Å². The van der Waals surface area contributed by atoms with Crippen molar-refractivity contribution < 1.29 is 0 Å². The molecule has 3 heteroatoms. The smallest absolute Gasteiger partial charge is 0.0102 e. The second-order valence-corrected chi connectivity index (χ2v) is 5.08. The molecule has 0 aromatic rings. The van der Waals surface area contributed by atoms with Gasteiger partial charge in [-0.3, -0.25) is 11.3 Å². The Balaban J connectivity index is -0.000000181. The minimum Gasteiger partial charge on any atom is -0.320 e. The Morgan fingerprint density at radius 2 is 1.44 bits per heavy atom. The lowest BCUT2D eigenvalue weighted by Gasteiger charge is -2.16. The Labute approximate surface area is 104 Å². The van der Waals surface area contributed by atoms with E-state index in [0.717, 1.165) is 19.5 Å². The lowest BCUT2D eigenvalue weighted by Crippen LogP contribution is -2.26. The van der Waals surface area contributed by atoms with E-state index in [-0.39, 0.29) is 0 Å². The SMILES string of the molecule is CC(C)(C)CCNN.CCC.CCCNC. The van der Waals surface area contributed by atoms with E-state index in [4.69, 9.17) is 5.84 Å². The van der Waals surface area contributed by atoms with Gasteiger partial charge in [-0.1, -0.05) is 48.0 Å². The zero-order valence-corrected chi connectivity index (χ0v) is 12.6. The van der Waals surface area contributed by atoms with E-state index < -0.39 is 0 Å². The highest BCUT2D eigenvalue weighted by molar-refractivity contribution is 4.60. The van der Waals surface area contributed by atoms with Crippen LogP contribution in [0.5, 0.6) is 0 Å². The van der Waals surface area contributed by atoms with Crippen LogP contribution in [0, 0.1) is 5.41 Å². The highest BCUT2D eigenvalue weighted by Gasteiger charge is 2.07. The molecular formula is C13H35N3. The van der Waals surface area contributed by atoms with Gasteiger partial charge in [0.25, 0.3) is 0 Å². The summed E-state index contributed by atoms with van der Waals surface area (Å²) in [6, 6.07) is 0. The molecule has 0 saturated carbocycles. The summed E-state index contributed by atoms with van der Waals surface area (Å²) in [6.45, 7) is 15.0. The van der Waals surface area contributed by atoms with Gasteiger partial charge in [0, 0.05) is 6.54 Å². The molecule has 0 aromatic heterocycles. The third-order valence-electron chi connectivity index (χ3n) is 1.52. The van der Waals surface area contributed by atoms with Crippen LogP contribution in [-0.2, 0) is 0 Å². The van der Waals surface area contributed by atoms with Crippen LogP contribution in [0.1, 0.15) is 60.8 Å². The fourth-order valence-corrected chi connectivity index (χ4v) is 0.697. The molecule has 0 rings (SSSR count). The van der Waals surface area contributed by atoms with Crippen LogP contribution < -0.4 is 16.6 Å². The molecule has 0 atom stereocenters. The van der Waals surface area contributed by atoms with Crippen molar-refractivity contribution in [3.05, 3.63) is 0 Å². The average Bonchev–Trinajstić information content (AvgIpc) is 2.17. The quantitative estimate of drug-likeness (QED) is 0.517. The summed E-state index contributed by atoms with van der Waals surface area (Å²) < 4.78 is 0. The Kier molecular flexibility index (Phi) is 22.9. The zero-order valence-electron chi connectivity index (χ0n) is 12.6. The van der Waals surface area contributed by atoms with Gasteiger partial charge in [-0.15, -0.1) is 0 Å². The number of hydrazine groups is 1. The minimum absolute atomic E-state index is 0.409. The van der Waals surface area contributed by atoms with Gasteiger partial charge in [-0.25, -0.2) is 0 Å². The van der Waals surface area contributed by atoms with Crippen LogP contribution in [0.2, 0.25) is 0 Å². The molecule has 0 aliphatic heterocycles. The molecule has 0 amide bonds. The maximum absolute atomic E-state index is 5.09. The van der Waals surface area contributed by atoms with Gasteiger partial charge in [0.1, 0.15) is 0 Å². The molecule has 4 N–H and O–H groups in total. The van der Waals surface area contributed by atoms with Crippen molar-refractivity contribution in [3.63, 3.8) is 0 Å². The number of hydrogen-bond donors (Lipinski definition) is 3.